The first-order valence-corrected chi connectivity index (χ1v) is 13.8. The molecule has 5 heterocycles. The summed E-state index contributed by atoms with van der Waals surface area (Å²) in [5.74, 6) is 0.837. The summed E-state index contributed by atoms with van der Waals surface area (Å²) in [4.78, 5) is 37.2. The van der Waals surface area contributed by atoms with Gasteiger partial charge in [-0.2, -0.15) is 0 Å². The van der Waals surface area contributed by atoms with E-state index in [1.165, 1.54) is 38.9 Å². The number of amides is 1. The van der Waals surface area contributed by atoms with E-state index in [-0.39, 0.29) is 5.91 Å². The number of rotatable bonds is 8. The molecule has 2 aliphatic rings. The number of H-pyrrole nitrogens is 1. The van der Waals surface area contributed by atoms with Gasteiger partial charge in [-0.15, -0.1) is 0 Å². The molecule has 0 radical (unpaired) electrons. The van der Waals surface area contributed by atoms with Crippen LogP contribution in [0.3, 0.4) is 0 Å². The average molecular weight is 510 g/mol. The molecule has 3 aromatic heterocycles. The lowest BCUT2D eigenvalue weighted by Crippen LogP contribution is -2.49. The monoisotopic (exact) mass is 509 g/mol. The van der Waals surface area contributed by atoms with Gasteiger partial charge in [-0.05, 0) is 87.4 Å². The maximum atomic E-state index is 13.3. The molecule has 2 aliphatic heterocycles. The molecule has 1 N–H and O–H groups in total. The first kappa shape index (κ1) is 24.7. The summed E-state index contributed by atoms with van der Waals surface area (Å²) in [6.07, 6.45) is 8.09. The molecule has 0 bridgehead atoms. The maximum absolute atomic E-state index is 13.3. The van der Waals surface area contributed by atoms with Gasteiger partial charge in [0.2, 0.25) is 0 Å². The van der Waals surface area contributed by atoms with Crippen LogP contribution in [-0.4, -0.2) is 92.9 Å². The van der Waals surface area contributed by atoms with Gasteiger partial charge < -0.3 is 14.8 Å². The van der Waals surface area contributed by atoms with Gasteiger partial charge in [-0.3, -0.25) is 14.7 Å². The Bertz CT molecular complexity index is 1370. The molecular formula is C30H35N7O. The summed E-state index contributed by atoms with van der Waals surface area (Å²) >= 11 is 0. The highest BCUT2D eigenvalue weighted by Crippen LogP contribution is 2.21. The molecule has 1 aromatic carbocycles. The van der Waals surface area contributed by atoms with E-state index in [0.29, 0.717) is 12.1 Å². The Hall–Kier alpha value is -3.62. The van der Waals surface area contributed by atoms with Crippen molar-refractivity contribution in [1.82, 2.24) is 34.6 Å². The van der Waals surface area contributed by atoms with Crippen LogP contribution in [0, 0.1) is 0 Å². The van der Waals surface area contributed by atoms with Crippen molar-refractivity contribution in [3.63, 3.8) is 0 Å². The Morgan fingerprint density at radius 3 is 2.42 bits per heavy atom. The van der Waals surface area contributed by atoms with Crippen molar-refractivity contribution >= 4 is 16.8 Å². The number of benzene rings is 1. The first-order valence-electron chi connectivity index (χ1n) is 13.8. The molecule has 0 unspecified atom stereocenters. The SMILES string of the molecule is O=C(c1cc2cc(Cc3nccc(-c4ccccn4)n3)ccc2[nH]1)N1CCN(CCCN2CCCC2)CC1. The second kappa shape index (κ2) is 11.4. The third kappa shape index (κ3) is 5.76. The number of carbonyl (C=O) groups is 1. The molecule has 2 fully saturated rings. The predicted molar refractivity (Wildman–Crippen MR) is 149 cm³/mol. The molecule has 1 amide bonds. The topological polar surface area (TPSA) is 81.2 Å². The molecule has 8 nitrogen and oxygen atoms in total. The molecule has 0 spiro atoms. The zero-order chi connectivity index (χ0) is 25.7. The molecule has 196 valence electrons. The highest BCUT2D eigenvalue weighted by molar-refractivity contribution is 5.98. The van der Waals surface area contributed by atoms with Gasteiger partial charge in [0.05, 0.1) is 11.4 Å². The van der Waals surface area contributed by atoms with Crippen molar-refractivity contribution < 1.29 is 4.79 Å². The molecule has 2 saturated heterocycles. The second-order valence-corrected chi connectivity index (χ2v) is 10.4. The highest BCUT2D eigenvalue weighted by atomic mass is 16.2. The number of piperazine rings is 1. The summed E-state index contributed by atoms with van der Waals surface area (Å²) in [6.45, 7) is 8.34. The molecule has 0 aliphatic carbocycles. The van der Waals surface area contributed by atoms with Crippen LogP contribution in [0.1, 0.15) is 41.1 Å². The van der Waals surface area contributed by atoms with Crippen LogP contribution >= 0.6 is 0 Å². The Labute approximate surface area is 223 Å². The van der Waals surface area contributed by atoms with Crippen LogP contribution in [0.2, 0.25) is 0 Å². The lowest BCUT2D eigenvalue weighted by atomic mass is 10.1. The maximum Gasteiger partial charge on any atom is 0.270 e. The van der Waals surface area contributed by atoms with Gasteiger partial charge >= 0.3 is 0 Å². The molecule has 8 heteroatoms. The number of nitrogens with zero attached hydrogens (tertiary/aromatic N) is 6. The van der Waals surface area contributed by atoms with E-state index in [2.05, 4.69) is 36.9 Å². The van der Waals surface area contributed by atoms with Crippen LogP contribution in [0.5, 0.6) is 0 Å². The molecule has 0 atom stereocenters. The molecule has 4 aromatic rings. The van der Waals surface area contributed by atoms with Crippen molar-refractivity contribution in [3.8, 4) is 11.4 Å². The van der Waals surface area contributed by atoms with Crippen LogP contribution in [0.25, 0.3) is 22.3 Å². The predicted octanol–water partition coefficient (Wildman–Crippen LogP) is 3.85. The van der Waals surface area contributed by atoms with E-state index in [0.717, 1.165) is 66.4 Å². The minimum Gasteiger partial charge on any atom is -0.351 e. The number of hydrogen-bond acceptors (Lipinski definition) is 6. The Balaban J connectivity index is 1.06. The minimum absolute atomic E-state index is 0.0888. The quantitative estimate of drug-likeness (QED) is 0.389. The number of nitrogens with one attached hydrogen (secondary N) is 1. The lowest BCUT2D eigenvalue weighted by molar-refractivity contribution is 0.0628. The fourth-order valence-corrected chi connectivity index (χ4v) is 5.60. The Morgan fingerprint density at radius 1 is 0.816 bits per heavy atom. The van der Waals surface area contributed by atoms with E-state index in [9.17, 15) is 4.79 Å². The number of aromatic amines is 1. The fraction of sp³-hybridized carbons (Fsp3) is 0.400. The van der Waals surface area contributed by atoms with Crippen LogP contribution < -0.4 is 0 Å². The smallest absolute Gasteiger partial charge is 0.270 e. The van der Waals surface area contributed by atoms with Crippen LogP contribution in [0.4, 0.5) is 0 Å². The number of likely N-dealkylation sites (tertiary alicyclic amines) is 1. The fourth-order valence-electron chi connectivity index (χ4n) is 5.60. The number of carbonyl (C=O) groups excluding carboxylic acids is 1. The highest BCUT2D eigenvalue weighted by Gasteiger charge is 2.23. The molecule has 6 rings (SSSR count). The van der Waals surface area contributed by atoms with Gasteiger partial charge in [0.15, 0.2) is 0 Å². The normalized spacial score (nSPS) is 16.9. The zero-order valence-corrected chi connectivity index (χ0v) is 21.9. The Kier molecular flexibility index (Phi) is 7.42. The van der Waals surface area contributed by atoms with Crippen LogP contribution in [0.15, 0.2) is 60.9 Å². The van der Waals surface area contributed by atoms with E-state index in [4.69, 9.17) is 4.98 Å². The third-order valence-corrected chi connectivity index (χ3v) is 7.72. The minimum atomic E-state index is 0.0888. The van der Waals surface area contributed by atoms with Crippen molar-refractivity contribution in [2.45, 2.75) is 25.7 Å². The average Bonchev–Trinajstić information content (AvgIpc) is 3.64. The summed E-state index contributed by atoms with van der Waals surface area (Å²) < 4.78 is 0. The van der Waals surface area contributed by atoms with Gasteiger partial charge in [-0.1, -0.05) is 12.1 Å². The number of aromatic nitrogens is 4. The van der Waals surface area contributed by atoms with E-state index in [1.807, 2.05) is 41.3 Å². The largest absolute Gasteiger partial charge is 0.351 e. The molecule has 0 saturated carbocycles. The summed E-state index contributed by atoms with van der Waals surface area (Å²) in [7, 11) is 0. The van der Waals surface area contributed by atoms with Crippen molar-refractivity contribution in [1.29, 1.82) is 0 Å². The second-order valence-electron chi connectivity index (χ2n) is 10.4. The van der Waals surface area contributed by atoms with Gasteiger partial charge in [0, 0.05) is 55.9 Å². The Morgan fingerprint density at radius 2 is 1.63 bits per heavy atom. The standard InChI is InChI=1S/C30H35N7O/c38-30(37-18-16-36(17-19-37)15-5-14-35-12-3-4-13-35)28-22-24-20-23(7-8-25(24)33-28)21-29-32-11-9-27(34-29)26-6-1-2-10-31-26/h1-2,6-11,20,22,33H,3-5,12-19,21H2. The van der Waals surface area contributed by atoms with Crippen molar-refractivity contribution in [2.75, 3.05) is 52.4 Å². The summed E-state index contributed by atoms with van der Waals surface area (Å²) in [5, 5.41) is 1.03. The summed E-state index contributed by atoms with van der Waals surface area (Å²) in [5.41, 5.74) is 4.39. The van der Waals surface area contributed by atoms with Crippen LogP contribution in [-0.2, 0) is 6.42 Å². The van der Waals surface area contributed by atoms with Gasteiger partial charge in [-0.25, -0.2) is 9.97 Å². The van der Waals surface area contributed by atoms with E-state index >= 15 is 0 Å². The van der Waals surface area contributed by atoms with Gasteiger partial charge in [0.1, 0.15) is 11.5 Å². The van der Waals surface area contributed by atoms with Crippen molar-refractivity contribution in [2.24, 2.45) is 0 Å². The summed E-state index contributed by atoms with van der Waals surface area (Å²) in [6, 6.07) is 15.9. The third-order valence-electron chi connectivity index (χ3n) is 7.72. The number of fused-ring (bicyclic) bond motifs is 1. The first-order chi connectivity index (χ1) is 18.7. The van der Waals surface area contributed by atoms with Gasteiger partial charge in [0.25, 0.3) is 5.91 Å². The van der Waals surface area contributed by atoms with Crippen molar-refractivity contribution in [3.05, 3.63) is 78.0 Å². The van der Waals surface area contributed by atoms with E-state index < -0.39 is 0 Å². The number of pyridine rings is 1. The lowest BCUT2D eigenvalue weighted by Gasteiger charge is -2.34. The zero-order valence-electron chi connectivity index (χ0n) is 21.9. The molecular weight excluding hydrogens is 474 g/mol. The van der Waals surface area contributed by atoms with E-state index in [1.54, 1.807) is 12.4 Å². The molecule has 38 heavy (non-hydrogen) atoms. The number of hydrogen-bond donors (Lipinski definition) is 1.